The molecule has 3 atom stereocenters. The van der Waals surface area contributed by atoms with Crippen LogP contribution in [0, 0.1) is 16.7 Å². The van der Waals surface area contributed by atoms with Crippen LogP contribution >= 0.6 is 0 Å². The van der Waals surface area contributed by atoms with Gasteiger partial charge in [-0.1, -0.05) is 19.0 Å². The van der Waals surface area contributed by atoms with Crippen LogP contribution in [0.5, 0.6) is 0 Å². The fourth-order valence-corrected chi connectivity index (χ4v) is 3.58. The monoisotopic (exact) mass is 211 g/mol. The van der Waals surface area contributed by atoms with Crippen LogP contribution in [0.1, 0.15) is 39.5 Å². The van der Waals surface area contributed by atoms with E-state index in [0.29, 0.717) is 5.92 Å². The van der Waals surface area contributed by atoms with E-state index in [4.69, 9.17) is 10.3 Å². The molecule has 0 amide bonds. The molecule has 2 saturated carbocycles. The Bertz CT molecular complexity index is 339. The average molecular weight is 211 g/mol. The van der Waals surface area contributed by atoms with E-state index in [2.05, 4.69) is 5.16 Å². The average Bonchev–Trinajstić information content (AvgIpc) is 2.49. The van der Waals surface area contributed by atoms with E-state index in [9.17, 15) is 4.79 Å². The van der Waals surface area contributed by atoms with Gasteiger partial charge in [-0.3, -0.25) is 4.79 Å². The standard InChI is InChI=1S/C11H17NO3/c1-10-4-3-7(5-8(10)12-15)11(10,2)6-9(13)14/h7,15H,3-6H2,1-2H3,(H,13,14)/b12-8-/t7-,10+,11-/m0/s1. The summed E-state index contributed by atoms with van der Waals surface area (Å²) >= 11 is 0. The van der Waals surface area contributed by atoms with Crippen molar-refractivity contribution in [3.8, 4) is 0 Å². The van der Waals surface area contributed by atoms with Gasteiger partial charge in [0.25, 0.3) is 0 Å². The second kappa shape index (κ2) is 2.97. The lowest BCUT2D eigenvalue weighted by molar-refractivity contribution is -0.141. The number of aliphatic carboxylic acids is 1. The van der Waals surface area contributed by atoms with Crippen molar-refractivity contribution >= 4 is 11.7 Å². The topological polar surface area (TPSA) is 69.9 Å². The highest BCUT2D eigenvalue weighted by Crippen LogP contribution is 2.65. The van der Waals surface area contributed by atoms with Gasteiger partial charge >= 0.3 is 5.97 Å². The third-order valence-corrected chi connectivity index (χ3v) is 4.87. The summed E-state index contributed by atoms with van der Waals surface area (Å²) in [6, 6.07) is 0. The Labute approximate surface area is 89.0 Å². The summed E-state index contributed by atoms with van der Waals surface area (Å²) in [5, 5.41) is 21.3. The molecule has 2 aliphatic carbocycles. The number of hydrogen-bond acceptors (Lipinski definition) is 3. The van der Waals surface area contributed by atoms with E-state index in [1.165, 1.54) is 0 Å². The van der Waals surface area contributed by atoms with Crippen molar-refractivity contribution in [3.05, 3.63) is 0 Å². The fourth-order valence-electron chi connectivity index (χ4n) is 3.58. The molecule has 0 heterocycles. The molecule has 15 heavy (non-hydrogen) atoms. The van der Waals surface area contributed by atoms with Gasteiger partial charge in [0.2, 0.25) is 0 Å². The number of carboxylic acids is 1. The quantitative estimate of drug-likeness (QED) is 0.543. The molecule has 0 radical (unpaired) electrons. The van der Waals surface area contributed by atoms with Gasteiger partial charge < -0.3 is 10.3 Å². The molecule has 2 bridgehead atoms. The van der Waals surface area contributed by atoms with E-state index in [1.807, 2.05) is 13.8 Å². The molecule has 2 aliphatic rings. The van der Waals surface area contributed by atoms with Gasteiger partial charge in [0.05, 0.1) is 12.1 Å². The third kappa shape index (κ3) is 1.13. The zero-order chi connectivity index (χ0) is 11.3. The van der Waals surface area contributed by atoms with Crippen LogP contribution in [0.25, 0.3) is 0 Å². The predicted molar refractivity (Wildman–Crippen MR) is 55.0 cm³/mol. The first-order valence-corrected chi connectivity index (χ1v) is 5.37. The smallest absolute Gasteiger partial charge is 0.303 e. The van der Waals surface area contributed by atoms with Crippen LogP contribution in [0.3, 0.4) is 0 Å². The number of nitrogens with zero attached hydrogens (tertiary/aromatic N) is 1. The highest BCUT2D eigenvalue weighted by Gasteiger charge is 2.63. The van der Waals surface area contributed by atoms with E-state index in [-0.39, 0.29) is 17.3 Å². The van der Waals surface area contributed by atoms with Crippen LogP contribution in [0.15, 0.2) is 5.16 Å². The molecule has 0 aromatic rings. The molecule has 2 N–H and O–H groups in total. The number of rotatable bonds is 2. The minimum atomic E-state index is -0.755. The summed E-state index contributed by atoms with van der Waals surface area (Å²) in [4.78, 5) is 10.9. The zero-order valence-electron chi connectivity index (χ0n) is 9.16. The van der Waals surface area contributed by atoms with Crippen molar-refractivity contribution in [2.75, 3.05) is 0 Å². The van der Waals surface area contributed by atoms with Crippen LogP contribution < -0.4 is 0 Å². The molecule has 0 unspecified atom stereocenters. The molecule has 2 rings (SSSR count). The Kier molecular flexibility index (Phi) is 2.07. The first-order chi connectivity index (χ1) is 6.94. The molecule has 4 nitrogen and oxygen atoms in total. The third-order valence-electron chi connectivity index (χ3n) is 4.87. The normalized spacial score (nSPS) is 46.3. The Morgan fingerprint density at radius 3 is 2.73 bits per heavy atom. The molecule has 0 aromatic carbocycles. The van der Waals surface area contributed by atoms with Gasteiger partial charge in [-0.2, -0.15) is 0 Å². The summed E-state index contributed by atoms with van der Waals surface area (Å²) in [5.41, 5.74) is 0.341. The largest absolute Gasteiger partial charge is 0.481 e. The predicted octanol–water partition coefficient (Wildman–Crippen LogP) is 2.12. The highest BCUT2D eigenvalue weighted by atomic mass is 16.4. The minimum absolute atomic E-state index is 0.174. The molecule has 0 saturated heterocycles. The van der Waals surface area contributed by atoms with Crippen molar-refractivity contribution < 1.29 is 15.1 Å². The Balaban J connectivity index is 2.39. The molecule has 0 aromatic heterocycles. The fraction of sp³-hybridized carbons (Fsp3) is 0.818. The molecule has 0 aliphatic heterocycles. The Morgan fingerprint density at radius 2 is 2.27 bits per heavy atom. The van der Waals surface area contributed by atoms with Gasteiger partial charge in [0.15, 0.2) is 0 Å². The molecular weight excluding hydrogens is 194 g/mol. The summed E-state index contributed by atoms with van der Waals surface area (Å²) in [5.74, 6) is -0.390. The number of fused-ring (bicyclic) bond motifs is 2. The molecular formula is C11H17NO3. The maximum Gasteiger partial charge on any atom is 0.303 e. The number of hydrogen-bond donors (Lipinski definition) is 2. The van der Waals surface area contributed by atoms with E-state index >= 15 is 0 Å². The lowest BCUT2D eigenvalue weighted by atomic mass is 9.67. The minimum Gasteiger partial charge on any atom is -0.481 e. The van der Waals surface area contributed by atoms with E-state index in [1.54, 1.807) is 0 Å². The van der Waals surface area contributed by atoms with Crippen molar-refractivity contribution in [3.63, 3.8) is 0 Å². The summed E-state index contributed by atoms with van der Waals surface area (Å²) in [7, 11) is 0. The summed E-state index contributed by atoms with van der Waals surface area (Å²) < 4.78 is 0. The van der Waals surface area contributed by atoms with Crippen molar-refractivity contribution in [1.82, 2.24) is 0 Å². The first kappa shape index (κ1) is 10.5. The van der Waals surface area contributed by atoms with E-state index < -0.39 is 5.97 Å². The van der Waals surface area contributed by atoms with Crippen LogP contribution in [-0.2, 0) is 4.79 Å². The van der Waals surface area contributed by atoms with Crippen LogP contribution in [0.4, 0.5) is 0 Å². The van der Waals surface area contributed by atoms with Crippen molar-refractivity contribution in [1.29, 1.82) is 0 Å². The lowest BCUT2D eigenvalue weighted by Crippen LogP contribution is -2.36. The highest BCUT2D eigenvalue weighted by molar-refractivity contribution is 5.94. The lowest BCUT2D eigenvalue weighted by Gasteiger charge is -2.36. The molecule has 0 spiro atoms. The summed E-state index contributed by atoms with van der Waals surface area (Å²) in [6.07, 6.45) is 2.93. The van der Waals surface area contributed by atoms with E-state index in [0.717, 1.165) is 25.0 Å². The van der Waals surface area contributed by atoms with Gasteiger partial charge in [-0.15, -0.1) is 0 Å². The van der Waals surface area contributed by atoms with Crippen LogP contribution in [0.2, 0.25) is 0 Å². The van der Waals surface area contributed by atoms with Gasteiger partial charge in [0.1, 0.15) is 0 Å². The van der Waals surface area contributed by atoms with Crippen molar-refractivity contribution in [2.24, 2.45) is 21.9 Å². The molecule has 2 fully saturated rings. The second-order valence-electron chi connectivity index (χ2n) is 5.31. The summed E-state index contributed by atoms with van der Waals surface area (Å²) in [6.45, 7) is 4.06. The maximum atomic E-state index is 10.9. The van der Waals surface area contributed by atoms with Gasteiger partial charge in [0, 0.05) is 5.41 Å². The zero-order valence-corrected chi connectivity index (χ0v) is 9.16. The van der Waals surface area contributed by atoms with Crippen LogP contribution in [-0.4, -0.2) is 22.0 Å². The Hall–Kier alpha value is -1.06. The number of carboxylic acid groups (broad SMARTS) is 1. The number of carbonyl (C=O) groups is 1. The first-order valence-electron chi connectivity index (χ1n) is 5.37. The molecule has 84 valence electrons. The molecule has 4 heteroatoms. The van der Waals surface area contributed by atoms with Gasteiger partial charge in [-0.05, 0) is 30.6 Å². The second-order valence-corrected chi connectivity index (χ2v) is 5.31. The van der Waals surface area contributed by atoms with Crippen molar-refractivity contribution in [2.45, 2.75) is 39.5 Å². The number of oxime groups is 1. The Morgan fingerprint density at radius 1 is 1.60 bits per heavy atom. The maximum absolute atomic E-state index is 10.9. The SMILES string of the molecule is C[C@]1(CC(=O)O)[C@H]2CC[C@]1(C)/C(=N\O)C2. The van der Waals surface area contributed by atoms with Gasteiger partial charge in [-0.25, -0.2) is 0 Å².